The monoisotopic (exact) mass is 325 g/mol. The summed E-state index contributed by atoms with van der Waals surface area (Å²) in [4.78, 5) is 30.6. The normalized spacial score (nSPS) is 23.6. The Morgan fingerprint density at radius 1 is 1.04 bits per heavy atom. The lowest BCUT2D eigenvalue weighted by atomic mass is 9.81. The highest BCUT2D eigenvalue weighted by molar-refractivity contribution is 6.05. The third-order valence-corrected chi connectivity index (χ3v) is 4.98. The Hall–Kier alpha value is -2.50. The van der Waals surface area contributed by atoms with Gasteiger partial charge in [-0.1, -0.05) is 48.3 Å². The maximum Gasteiger partial charge on any atom is 0.233 e. The molecule has 0 unspecified atom stereocenters. The largest absolute Gasteiger partial charge is 0.339 e. The van der Waals surface area contributed by atoms with Gasteiger partial charge in [-0.2, -0.15) is 4.98 Å². The number of carbonyl (C=O) groups is 2. The molecule has 0 N–H and O–H groups in total. The highest BCUT2D eigenvalue weighted by Crippen LogP contribution is 2.37. The van der Waals surface area contributed by atoms with Crippen molar-refractivity contribution >= 4 is 11.8 Å². The summed E-state index contributed by atoms with van der Waals surface area (Å²) in [5.74, 6) is 0.727. The van der Waals surface area contributed by atoms with Gasteiger partial charge in [0.1, 0.15) is 0 Å². The molecule has 2 aliphatic rings. The number of hydrogen-bond acceptors (Lipinski definition) is 5. The fraction of sp³-hybridized carbons (Fsp3) is 0.444. The predicted octanol–water partition coefficient (Wildman–Crippen LogP) is 2.45. The van der Waals surface area contributed by atoms with E-state index in [1.165, 1.54) is 4.90 Å². The van der Waals surface area contributed by atoms with Crippen molar-refractivity contribution in [1.29, 1.82) is 0 Å². The second kappa shape index (κ2) is 6.19. The van der Waals surface area contributed by atoms with Crippen molar-refractivity contribution in [2.24, 2.45) is 11.8 Å². The van der Waals surface area contributed by atoms with E-state index in [0.29, 0.717) is 24.7 Å². The number of carbonyl (C=O) groups excluding carboxylic acids is 2. The fourth-order valence-electron chi connectivity index (χ4n) is 3.72. The maximum atomic E-state index is 12.4. The van der Waals surface area contributed by atoms with Crippen LogP contribution >= 0.6 is 0 Å². The summed E-state index contributed by atoms with van der Waals surface area (Å²) in [5.41, 5.74) is 0.881. The molecule has 1 aliphatic heterocycles. The number of amides is 2. The van der Waals surface area contributed by atoms with Gasteiger partial charge in [-0.25, -0.2) is 0 Å². The van der Waals surface area contributed by atoms with Gasteiger partial charge in [-0.15, -0.1) is 0 Å². The Kier molecular flexibility index (Phi) is 3.88. The minimum Gasteiger partial charge on any atom is -0.339 e. The Balaban J connectivity index is 1.43. The zero-order valence-corrected chi connectivity index (χ0v) is 13.4. The molecule has 2 heterocycles. The van der Waals surface area contributed by atoms with Crippen LogP contribution in [-0.2, 0) is 16.0 Å². The molecule has 0 bridgehead atoms. The van der Waals surface area contributed by atoms with E-state index >= 15 is 0 Å². The van der Waals surface area contributed by atoms with Crippen molar-refractivity contribution < 1.29 is 14.1 Å². The molecule has 2 fully saturated rings. The van der Waals surface area contributed by atoms with Crippen LogP contribution in [0.25, 0.3) is 11.4 Å². The Labute approximate surface area is 139 Å². The van der Waals surface area contributed by atoms with Gasteiger partial charge in [0, 0.05) is 18.5 Å². The van der Waals surface area contributed by atoms with Crippen LogP contribution in [0.15, 0.2) is 34.9 Å². The molecule has 4 rings (SSSR count). The number of benzene rings is 1. The molecule has 1 aliphatic carbocycles. The molecule has 0 radical (unpaired) electrons. The van der Waals surface area contributed by atoms with Gasteiger partial charge < -0.3 is 4.52 Å². The minimum atomic E-state index is -0.103. The lowest BCUT2D eigenvalue weighted by Crippen LogP contribution is -2.33. The van der Waals surface area contributed by atoms with Crippen molar-refractivity contribution in [3.05, 3.63) is 36.2 Å². The summed E-state index contributed by atoms with van der Waals surface area (Å²) >= 11 is 0. The Morgan fingerprint density at radius 3 is 2.38 bits per heavy atom. The summed E-state index contributed by atoms with van der Waals surface area (Å²) in [6.07, 6.45) is 4.15. The first-order valence-electron chi connectivity index (χ1n) is 8.47. The second-order valence-electron chi connectivity index (χ2n) is 6.45. The minimum absolute atomic E-state index is 0.0208. The third kappa shape index (κ3) is 2.62. The summed E-state index contributed by atoms with van der Waals surface area (Å²) in [6, 6.07) is 9.57. The van der Waals surface area contributed by atoms with Crippen LogP contribution < -0.4 is 0 Å². The van der Waals surface area contributed by atoms with Crippen molar-refractivity contribution in [3.63, 3.8) is 0 Å². The standard InChI is InChI=1S/C18H19N3O3/c22-17-13-8-4-5-9-14(13)18(23)21(17)11-10-15-19-16(20-24-15)12-6-2-1-3-7-12/h1-3,6-7,13-14H,4-5,8-11H2/t13-,14-/m1/s1. The number of aromatic nitrogens is 2. The SMILES string of the molecule is O=C1[C@@H]2CCCC[C@H]2C(=O)N1CCc1nc(-c2ccccc2)no1. The number of rotatable bonds is 4. The number of hydrogen-bond donors (Lipinski definition) is 0. The van der Waals surface area contributed by atoms with Gasteiger partial charge in [-0.3, -0.25) is 14.5 Å². The molecule has 2 atom stereocenters. The molecule has 1 saturated heterocycles. The van der Waals surface area contributed by atoms with Crippen LogP contribution in [0.1, 0.15) is 31.6 Å². The van der Waals surface area contributed by atoms with E-state index in [4.69, 9.17) is 4.52 Å². The lowest BCUT2D eigenvalue weighted by molar-refractivity contribution is -0.139. The maximum absolute atomic E-state index is 12.4. The zero-order chi connectivity index (χ0) is 16.5. The molecule has 2 aromatic rings. The summed E-state index contributed by atoms with van der Waals surface area (Å²) < 4.78 is 5.26. The topological polar surface area (TPSA) is 76.3 Å². The van der Waals surface area contributed by atoms with Gasteiger partial charge in [0.15, 0.2) is 0 Å². The van der Waals surface area contributed by atoms with E-state index in [9.17, 15) is 9.59 Å². The van der Waals surface area contributed by atoms with Gasteiger partial charge in [0.25, 0.3) is 0 Å². The van der Waals surface area contributed by atoms with Crippen molar-refractivity contribution in [2.75, 3.05) is 6.54 Å². The van der Waals surface area contributed by atoms with E-state index in [1.54, 1.807) is 0 Å². The molecule has 24 heavy (non-hydrogen) atoms. The highest BCUT2D eigenvalue weighted by Gasteiger charge is 2.47. The smallest absolute Gasteiger partial charge is 0.233 e. The molecule has 1 saturated carbocycles. The van der Waals surface area contributed by atoms with Crippen molar-refractivity contribution in [1.82, 2.24) is 15.0 Å². The van der Waals surface area contributed by atoms with Gasteiger partial charge >= 0.3 is 0 Å². The third-order valence-electron chi connectivity index (χ3n) is 4.98. The average molecular weight is 325 g/mol. The predicted molar refractivity (Wildman–Crippen MR) is 85.6 cm³/mol. The van der Waals surface area contributed by atoms with E-state index in [2.05, 4.69) is 10.1 Å². The molecule has 6 heteroatoms. The van der Waals surface area contributed by atoms with E-state index < -0.39 is 0 Å². The average Bonchev–Trinajstić information content (AvgIpc) is 3.19. The summed E-state index contributed by atoms with van der Waals surface area (Å²) in [5, 5.41) is 3.97. The molecule has 0 spiro atoms. The first-order valence-corrected chi connectivity index (χ1v) is 8.47. The van der Waals surface area contributed by atoms with Crippen molar-refractivity contribution in [3.8, 4) is 11.4 Å². The number of imide groups is 1. The van der Waals surface area contributed by atoms with Crippen LogP contribution in [0.2, 0.25) is 0 Å². The summed E-state index contributed by atoms with van der Waals surface area (Å²) in [6.45, 7) is 0.321. The Bertz CT molecular complexity index is 732. The highest BCUT2D eigenvalue weighted by atomic mass is 16.5. The van der Waals surface area contributed by atoms with Gasteiger partial charge in [0.05, 0.1) is 11.8 Å². The Morgan fingerprint density at radius 2 is 1.71 bits per heavy atom. The molecular weight excluding hydrogens is 306 g/mol. The van der Waals surface area contributed by atoms with Gasteiger partial charge in [-0.05, 0) is 12.8 Å². The van der Waals surface area contributed by atoms with Crippen LogP contribution in [0.5, 0.6) is 0 Å². The first-order chi connectivity index (χ1) is 11.7. The van der Waals surface area contributed by atoms with Crippen LogP contribution in [0.3, 0.4) is 0 Å². The van der Waals surface area contributed by atoms with Crippen LogP contribution in [0, 0.1) is 11.8 Å². The van der Waals surface area contributed by atoms with E-state index in [-0.39, 0.29) is 23.7 Å². The molecule has 2 amide bonds. The molecular formula is C18H19N3O3. The van der Waals surface area contributed by atoms with E-state index in [1.807, 2.05) is 30.3 Å². The first kappa shape index (κ1) is 15.1. The second-order valence-corrected chi connectivity index (χ2v) is 6.45. The quantitative estimate of drug-likeness (QED) is 0.807. The zero-order valence-electron chi connectivity index (χ0n) is 13.4. The molecule has 1 aromatic carbocycles. The summed E-state index contributed by atoms with van der Waals surface area (Å²) in [7, 11) is 0. The fourth-order valence-corrected chi connectivity index (χ4v) is 3.72. The van der Waals surface area contributed by atoms with Crippen molar-refractivity contribution in [2.45, 2.75) is 32.1 Å². The lowest BCUT2D eigenvalue weighted by Gasteiger charge is -2.19. The number of fused-ring (bicyclic) bond motifs is 1. The molecule has 1 aromatic heterocycles. The van der Waals surface area contributed by atoms with Crippen LogP contribution in [0.4, 0.5) is 0 Å². The van der Waals surface area contributed by atoms with E-state index in [0.717, 1.165) is 31.2 Å². The molecule has 124 valence electrons. The molecule has 6 nitrogen and oxygen atoms in total. The van der Waals surface area contributed by atoms with Gasteiger partial charge in [0.2, 0.25) is 23.5 Å². The number of nitrogens with zero attached hydrogens (tertiary/aromatic N) is 3. The number of likely N-dealkylation sites (tertiary alicyclic amines) is 1. The van der Waals surface area contributed by atoms with Crippen LogP contribution in [-0.4, -0.2) is 33.4 Å².